The molecule has 1 N–H and O–H groups in total. The molecule has 2 bridgehead atoms. The number of hydrogen-bond donors (Lipinski definition) is 1. The van der Waals surface area contributed by atoms with Gasteiger partial charge in [-0.25, -0.2) is 4.79 Å². The number of ether oxygens (including phenoxy) is 1. The average molecular weight is 240 g/mol. The lowest BCUT2D eigenvalue weighted by Gasteiger charge is -2.41. The molecule has 0 aromatic carbocycles. The average Bonchev–Trinajstić information content (AvgIpc) is 2.12. The zero-order valence-electron chi connectivity index (χ0n) is 10.7. The summed E-state index contributed by atoms with van der Waals surface area (Å²) in [5.74, 6) is 0.294. The van der Waals surface area contributed by atoms with Crippen molar-refractivity contribution in [2.75, 3.05) is 13.1 Å². The molecule has 0 spiro atoms. The van der Waals surface area contributed by atoms with Crippen molar-refractivity contribution in [1.82, 2.24) is 10.2 Å². The van der Waals surface area contributed by atoms with Crippen LogP contribution in [0.25, 0.3) is 0 Å². The molecular weight excluding hydrogens is 220 g/mol. The minimum absolute atomic E-state index is 0.0996. The van der Waals surface area contributed by atoms with E-state index in [1.165, 1.54) is 0 Å². The summed E-state index contributed by atoms with van der Waals surface area (Å²) in [6.45, 7) is 6.71. The predicted molar refractivity (Wildman–Crippen MR) is 62.8 cm³/mol. The van der Waals surface area contributed by atoms with E-state index in [1.54, 1.807) is 4.90 Å². The molecule has 2 rings (SSSR count). The lowest BCUT2D eigenvalue weighted by molar-refractivity contribution is -0.123. The van der Waals surface area contributed by atoms with Crippen LogP contribution in [0.4, 0.5) is 4.79 Å². The zero-order valence-corrected chi connectivity index (χ0v) is 10.7. The smallest absolute Gasteiger partial charge is 0.410 e. The molecule has 17 heavy (non-hydrogen) atoms. The van der Waals surface area contributed by atoms with Crippen LogP contribution in [0, 0.1) is 0 Å². The number of nitrogens with one attached hydrogen (secondary N) is 1. The van der Waals surface area contributed by atoms with Gasteiger partial charge in [-0.3, -0.25) is 4.79 Å². The first kappa shape index (κ1) is 12.4. The lowest BCUT2D eigenvalue weighted by Crippen LogP contribution is -2.62. The number of rotatable bonds is 0. The second kappa shape index (κ2) is 4.29. The SMILES string of the molecule is CC(C)(C)OC(=O)N1C[C@H]2CC(=O)C[C@@H](C1)N2. The number of amides is 1. The Kier molecular flexibility index (Phi) is 3.12. The molecule has 0 aliphatic carbocycles. The Balaban J connectivity index is 1.96. The van der Waals surface area contributed by atoms with Crippen LogP contribution in [0.5, 0.6) is 0 Å². The number of Topliss-reactive ketones (excluding diaryl/α,β-unsaturated/α-hetero) is 1. The molecule has 0 unspecified atom stereocenters. The van der Waals surface area contributed by atoms with Crippen molar-refractivity contribution in [1.29, 1.82) is 0 Å². The summed E-state index contributed by atoms with van der Waals surface area (Å²) in [7, 11) is 0. The van der Waals surface area contributed by atoms with Crippen LogP contribution in [0.1, 0.15) is 33.6 Å². The lowest BCUT2D eigenvalue weighted by atomic mass is 9.93. The van der Waals surface area contributed by atoms with E-state index in [4.69, 9.17) is 4.74 Å². The van der Waals surface area contributed by atoms with Gasteiger partial charge in [-0.1, -0.05) is 0 Å². The number of carbonyl (C=O) groups is 2. The molecule has 2 atom stereocenters. The summed E-state index contributed by atoms with van der Waals surface area (Å²) in [6, 6.07) is 0.199. The summed E-state index contributed by atoms with van der Waals surface area (Å²) in [4.78, 5) is 25.0. The standard InChI is InChI=1S/C12H20N2O3/c1-12(2,3)17-11(16)14-6-8-4-10(15)5-9(7-14)13-8/h8-9,13H,4-7H2,1-3H3/t8-,9+. The highest BCUT2D eigenvalue weighted by Crippen LogP contribution is 2.19. The van der Waals surface area contributed by atoms with Crippen LogP contribution in [0.15, 0.2) is 0 Å². The molecule has 96 valence electrons. The van der Waals surface area contributed by atoms with Crippen molar-refractivity contribution >= 4 is 11.9 Å². The van der Waals surface area contributed by atoms with Gasteiger partial charge >= 0.3 is 6.09 Å². The maximum absolute atomic E-state index is 11.9. The van der Waals surface area contributed by atoms with Crippen molar-refractivity contribution in [2.45, 2.75) is 51.3 Å². The monoisotopic (exact) mass is 240 g/mol. The molecule has 5 heteroatoms. The van der Waals surface area contributed by atoms with E-state index in [0.29, 0.717) is 31.7 Å². The Morgan fingerprint density at radius 1 is 1.29 bits per heavy atom. The highest BCUT2D eigenvalue weighted by Gasteiger charge is 2.36. The van der Waals surface area contributed by atoms with Gasteiger partial charge < -0.3 is 15.0 Å². The van der Waals surface area contributed by atoms with E-state index in [2.05, 4.69) is 5.32 Å². The summed E-state index contributed by atoms with van der Waals surface area (Å²) in [5.41, 5.74) is -0.465. The summed E-state index contributed by atoms with van der Waals surface area (Å²) in [5, 5.41) is 3.36. The Bertz CT molecular complexity index is 319. The molecule has 2 aliphatic heterocycles. The molecule has 0 aromatic heterocycles. The van der Waals surface area contributed by atoms with Gasteiger partial charge in [0.15, 0.2) is 0 Å². The second-order valence-corrected chi connectivity index (χ2v) is 5.89. The van der Waals surface area contributed by atoms with E-state index in [9.17, 15) is 9.59 Å². The number of hydrogen-bond acceptors (Lipinski definition) is 4. The fraction of sp³-hybridized carbons (Fsp3) is 0.833. The largest absolute Gasteiger partial charge is 0.444 e. The molecule has 2 saturated heterocycles. The molecule has 2 aliphatic rings. The van der Waals surface area contributed by atoms with Gasteiger partial charge in [0, 0.05) is 38.0 Å². The van der Waals surface area contributed by atoms with Crippen molar-refractivity contribution in [3.05, 3.63) is 0 Å². The van der Waals surface area contributed by atoms with Crippen molar-refractivity contribution < 1.29 is 14.3 Å². The van der Waals surface area contributed by atoms with E-state index < -0.39 is 5.60 Å². The van der Waals surface area contributed by atoms with Gasteiger partial charge in [0.1, 0.15) is 11.4 Å². The minimum Gasteiger partial charge on any atom is -0.444 e. The second-order valence-electron chi connectivity index (χ2n) is 5.89. The third kappa shape index (κ3) is 3.19. The van der Waals surface area contributed by atoms with Gasteiger partial charge in [0.05, 0.1) is 0 Å². The maximum atomic E-state index is 11.9. The number of piperazine rings is 1. The highest BCUT2D eigenvalue weighted by atomic mass is 16.6. The third-order valence-electron chi connectivity index (χ3n) is 2.95. The van der Waals surface area contributed by atoms with Crippen LogP contribution in [0.3, 0.4) is 0 Å². The van der Waals surface area contributed by atoms with Crippen molar-refractivity contribution in [3.63, 3.8) is 0 Å². The number of piperidine rings is 1. The Morgan fingerprint density at radius 3 is 2.29 bits per heavy atom. The predicted octanol–water partition coefficient (Wildman–Crippen LogP) is 0.927. The van der Waals surface area contributed by atoms with E-state index >= 15 is 0 Å². The number of nitrogens with zero attached hydrogens (tertiary/aromatic N) is 1. The highest BCUT2D eigenvalue weighted by molar-refractivity contribution is 5.81. The quantitative estimate of drug-likeness (QED) is 0.684. The first-order valence-corrected chi connectivity index (χ1v) is 6.09. The van der Waals surface area contributed by atoms with Crippen molar-refractivity contribution in [3.8, 4) is 0 Å². The summed E-state index contributed by atoms with van der Waals surface area (Å²) < 4.78 is 5.34. The number of likely N-dealkylation sites (tertiary alicyclic amines) is 1. The van der Waals surface area contributed by atoms with Gasteiger partial charge in [-0.05, 0) is 20.8 Å². The van der Waals surface area contributed by atoms with Gasteiger partial charge in [0.2, 0.25) is 0 Å². The summed E-state index contributed by atoms with van der Waals surface area (Å²) in [6.07, 6.45) is 0.773. The van der Waals surface area contributed by atoms with Crippen LogP contribution >= 0.6 is 0 Å². The first-order chi connectivity index (χ1) is 7.83. The van der Waals surface area contributed by atoms with Gasteiger partial charge in [-0.15, -0.1) is 0 Å². The van der Waals surface area contributed by atoms with Crippen LogP contribution < -0.4 is 5.32 Å². The molecule has 0 aromatic rings. The van der Waals surface area contributed by atoms with Crippen LogP contribution in [0.2, 0.25) is 0 Å². The Morgan fingerprint density at radius 2 is 1.82 bits per heavy atom. The zero-order chi connectivity index (χ0) is 12.6. The maximum Gasteiger partial charge on any atom is 0.410 e. The molecule has 5 nitrogen and oxygen atoms in total. The number of ketones is 1. The van der Waals surface area contributed by atoms with Crippen molar-refractivity contribution in [2.24, 2.45) is 0 Å². The number of fused-ring (bicyclic) bond motifs is 2. The molecule has 1 amide bonds. The number of carbonyl (C=O) groups excluding carboxylic acids is 2. The van der Waals surface area contributed by atoms with Gasteiger partial charge in [0.25, 0.3) is 0 Å². The van der Waals surface area contributed by atoms with E-state index in [0.717, 1.165) is 0 Å². The van der Waals surface area contributed by atoms with Gasteiger partial charge in [-0.2, -0.15) is 0 Å². The first-order valence-electron chi connectivity index (χ1n) is 6.09. The fourth-order valence-electron chi connectivity index (χ4n) is 2.40. The van der Waals surface area contributed by atoms with E-state index in [-0.39, 0.29) is 18.2 Å². The molecule has 0 radical (unpaired) electrons. The Labute approximate surface area is 101 Å². The topological polar surface area (TPSA) is 58.6 Å². The van der Waals surface area contributed by atoms with E-state index in [1.807, 2.05) is 20.8 Å². The minimum atomic E-state index is -0.465. The molecular formula is C12H20N2O3. The molecule has 0 saturated carbocycles. The molecule has 2 heterocycles. The third-order valence-corrected chi connectivity index (χ3v) is 2.95. The van der Waals surface area contributed by atoms with Crippen LogP contribution in [-0.4, -0.2) is 47.6 Å². The van der Waals surface area contributed by atoms with Crippen LogP contribution in [-0.2, 0) is 9.53 Å². The Hall–Kier alpha value is -1.10. The molecule has 2 fully saturated rings. The fourth-order valence-corrected chi connectivity index (χ4v) is 2.40. The summed E-state index contributed by atoms with van der Waals surface area (Å²) >= 11 is 0. The normalized spacial score (nSPS) is 29.1.